The van der Waals surface area contributed by atoms with E-state index in [-0.39, 0.29) is 30.5 Å². The fraction of sp³-hybridized carbons (Fsp3) is 0.688. The summed E-state index contributed by atoms with van der Waals surface area (Å²) in [5.41, 5.74) is 0.995. The van der Waals surface area contributed by atoms with Crippen molar-refractivity contribution in [1.82, 2.24) is 0 Å². The minimum absolute atomic E-state index is 0.0265. The molecule has 0 spiro atoms. The van der Waals surface area contributed by atoms with Gasteiger partial charge in [0.25, 0.3) is 0 Å². The van der Waals surface area contributed by atoms with Crippen LogP contribution in [0.1, 0.15) is 40.0 Å². The Kier molecular flexibility index (Phi) is 6.29. The maximum atomic E-state index is 12.0. The van der Waals surface area contributed by atoms with Gasteiger partial charge in [-0.05, 0) is 24.3 Å². The van der Waals surface area contributed by atoms with Crippen molar-refractivity contribution in [2.24, 2.45) is 17.8 Å². The van der Waals surface area contributed by atoms with E-state index in [1.165, 1.54) is 0 Å². The van der Waals surface area contributed by atoms with Crippen LogP contribution in [-0.2, 0) is 9.53 Å². The summed E-state index contributed by atoms with van der Waals surface area (Å²) in [7, 11) is 0. The number of aliphatic hydroxyl groups excluding tert-OH is 1. The van der Waals surface area contributed by atoms with E-state index in [1.54, 1.807) is 0 Å². The van der Waals surface area contributed by atoms with Gasteiger partial charge in [0.05, 0.1) is 5.92 Å². The summed E-state index contributed by atoms with van der Waals surface area (Å²) in [6, 6.07) is 0. The van der Waals surface area contributed by atoms with Crippen LogP contribution >= 0.6 is 0 Å². The second-order valence-corrected chi connectivity index (χ2v) is 5.51. The third-order valence-corrected chi connectivity index (χ3v) is 3.98. The van der Waals surface area contributed by atoms with Gasteiger partial charge in [0, 0.05) is 18.9 Å². The smallest absolute Gasteiger partial charge is 0.308 e. The summed E-state index contributed by atoms with van der Waals surface area (Å²) in [4.78, 5) is 12.0. The third-order valence-electron chi connectivity index (χ3n) is 3.98. The Morgan fingerprint density at radius 3 is 2.84 bits per heavy atom. The molecule has 4 atom stereocenters. The van der Waals surface area contributed by atoms with Crippen LogP contribution in [0.2, 0.25) is 0 Å². The third kappa shape index (κ3) is 4.20. The van der Waals surface area contributed by atoms with Crippen LogP contribution in [0.4, 0.5) is 0 Å². The summed E-state index contributed by atoms with van der Waals surface area (Å²) >= 11 is 0. The van der Waals surface area contributed by atoms with Gasteiger partial charge in [-0.1, -0.05) is 39.5 Å². The molecule has 19 heavy (non-hydrogen) atoms. The fourth-order valence-electron chi connectivity index (χ4n) is 2.53. The number of ether oxygens (including phenoxy) is 1. The highest BCUT2D eigenvalue weighted by molar-refractivity contribution is 5.72. The van der Waals surface area contributed by atoms with Gasteiger partial charge in [-0.15, -0.1) is 0 Å². The zero-order chi connectivity index (χ0) is 14.4. The number of allylic oxidation sites excluding steroid dienone is 2. The van der Waals surface area contributed by atoms with E-state index in [4.69, 9.17) is 4.74 Å². The second-order valence-electron chi connectivity index (χ2n) is 5.51. The quantitative estimate of drug-likeness (QED) is 0.751. The molecule has 0 fully saturated rings. The molecule has 0 aromatic heterocycles. The van der Waals surface area contributed by atoms with Crippen molar-refractivity contribution in [3.8, 4) is 0 Å². The van der Waals surface area contributed by atoms with Gasteiger partial charge >= 0.3 is 5.97 Å². The molecule has 0 saturated heterocycles. The average molecular weight is 266 g/mol. The van der Waals surface area contributed by atoms with Crippen molar-refractivity contribution in [2.75, 3.05) is 6.61 Å². The van der Waals surface area contributed by atoms with Gasteiger partial charge in [-0.25, -0.2) is 0 Å². The lowest BCUT2D eigenvalue weighted by Crippen LogP contribution is -2.35. The molecule has 0 heterocycles. The summed E-state index contributed by atoms with van der Waals surface area (Å²) in [6.07, 6.45) is 6.06. The molecule has 0 aliphatic heterocycles. The van der Waals surface area contributed by atoms with Crippen molar-refractivity contribution in [1.29, 1.82) is 0 Å². The maximum absolute atomic E-state index is 12.0. The lowest BCUT2D eigenvalue weighted by molar-refractivity contribution is -0.157. The molecule has 0 amide bonds. The zero-order valence-electron chi connectivity index (χ0n) is 12.3. The van der Waals surface area contributed by atoms with Crippen molar-refractivity contribution < 1.29 is 14.6 Å². The van der Waals surface area contributed by atoms with Gasteiger partial charge in [0.15, 0.2) is 0 Å². The molecule has 0 aromatic carbocycles. The molecular formula is C16H26O3. The summed E-state index contributed by atoms with van der Waals surface area (Å²) in [5, 5.41) is 9.21. The van der Waals surface area contributed by atoms with Crippen LogP contribution in [0.15, 0.2) is 24.3 Å². The topological polar surface area (TPSA) is 46.5 Å². The molecule has 0 aromatic rings. The Morgan fingerprint density at radius 2 is 2.32 bits per heavy atom. The number of hydrogen-bond donors (Lipinski definition) is 1. The van der Waals surface area contributed by atoms with E-state index in [0.717, 1.165) is 18.4 Å². The molecule has 1 N–H and O–H groups in total. The van der Waals surface area contributed by atoms with Crippen LogP contribution in [-0.4, -0.2) is 23.8 Å². The summed E-state index contributed by atoms with van der Waals surface area (Å²) in [5.74, 6) is 0.239. The van der Waals surface area contributed by atoms with E-state index in [0.29, 0.717) is 12.3 Å². The zero-order valence-corrected chi connectivity index (χ0v) is 12.3. The number of carbonyl (C=O) groups excluding carboxylic acids is 1. The van der Waals surface area contributed by atoms with E-state index < -0.39 is 0 Å². The number of aliphatic hydroxyl groups is 1. The Hall–Kier alpha value is -1.09. The van der Waals surface area contributed by atoms with E-state index in [1.807, 2.05) is 19.9 Å². The first-order chi connectivity index (χ1) is 9.01. The standard InChI is InChI=1S/C16H26O3/c1-5-11(2)16(18)19-14(9-10-17)15-12(3)7-6-8-13(15)4/h6-7,11,13-15,17H,3,5,8-10H2,1-2,4H3. The molecule has 0 saturated carbocycles. The Balaban J connectivity index is 2.78. The van der Waals surface area contributed by atoms with Crippen LogP contribution in [0.5, 0.6) is 0 Å². The van der Waals surface area contributed by atoms with Gasteiger partial charge in [0.1, 0.15) is 6.10 Å². The van der Waals surface area contributed by atoms with E-state index in [9.17, 15) is 9.90 Å². The predicted molar refractivity (Wildman–Crippen MR) is 76.6 cm³/mol. The number of rotatable bonds is 6. The minimum Gasteiger partial charge on any atom is -0.461 e. The first-order valence-corrected chi connectivity index (χ1v) is 7.17. The van der Waals surface area contributed by atoms with Gasteiger partial charge < -0.3 is 9.84 Å². The van der Waals surface area contributed by atoms with E-state index in [2.05, 4.69) is 19.6 Å². The first-order valence-electron chi connectivity index (χ1n) is 7.17. The highest BCUT2D eigenvalue weighted by Crippen LogP contribution is 2.34. The largest absolute Gasteiger partial charge is 0.461 e. The normalized spacial score (nSPS) is 26.0. The highest BCUT2D eigenvalue weighted by atomic mass is 16.5. The van der Waals surface area contributed by atoms with Crippen molar-refractivity contribution >= 4 is 5.97 Å². The van der Waals surface area contributed by atoms with Crippen molar-refractivity contribution in [3.63, 3.8) is 0 Å². The molecule has 4 unspecified atom stereocenters. The molecule has 0 radical (unpaired) electrons. The minimum atomic E-state index is -0.265. The highest BCUT2D eigenvalue weighted by Gasteiger charge is 2.32. The number of esters is 1. The molecule has 1 aliphatic rings. The average Bonchev–Trinajstić information content (AvgIpc) is 2.37. The lowest BCUT2D eigenvalue weighted by Gasteiger charge is -2.34. The SMILES string of the molecule is C=C1C=CCC(C)C1C(CCO)OC(=O)C(C)CC. The molecule has 108 valence electrons. The van der Waals surface area contributed by atoms with Crippen molar-refractivity contribution in [2.45, 2.75) is 46.1 Å². The molecule has 0 bridgehead atoms. The van der Waals surface area contributed by atoms with Crippen LogP contribution in [0.3, 0.4) is 0 Å². The Morgan fingerprint density at radius 1 is 1.63 bits per heavy atom. The molecule has 1 rings (SSSR count). The van der Waals surface area contributed by atoms with Crippen LogP contribution < -0.4 is 0 Å². The molecular weight excluding hydrogens is 240 g/mol. The van der Waals surface area contributed by atoms with Gasteiger partial charge in [0.2, 0.25) is 0 Å². The first kappa shape index (κ1) is 16.0. The van der Waals surface area contributed by atoms with Crippen LogP contribution in [0.25, 0.3) is 0 Å². The fourth-order valence-corrected chi connectivity index (χ4v) is 2.53. The molecule has 3 heteroatoms. The van der Waals surface area contributed by atoms with E-state index >= 15 is 0 Å². The molecule has 3 nitrogen and oxygen atoms in total. The van der Waals surface area contributed by atoms with Crippen molar-refractivity contribution in [3.05, 3.63) is 24.3 Å². The Labute approximate surface area is 116 Å². The van der Waals surface area contributed by atoms with Gasteiger partial charge in [-0.3, -0.25) is 4.79 Å². The number of carbonyl (C=O) groups is 1. The van der Waals surface area contributed by atoms with Gasteiger partial charge in [-0.2, -0.15) is 0 Å². The predicted octanol–water partition coefficient (Wildman–Crippen LogP) is 3.10. The summed E-state index contributed by atoms with van der Waals surface area (Å²) < 4.78 is 5.63. The molecule has 1 aliphatic carbocycles. The second kappa shape index (κ2) is 7.49. The van der Waals surface area contributed by atoms with Crippen LogP contribution in [0, 0.1) is 17.8 Å². The lowest BCUT2D eigenvalue weighted by atomic mass is 9.77. The number of hydrogen-bond acceptors (Lipinski definition) is 3. The maximum Gasteiger partial charge on any atom is 0.308 e. The Bertz CT molecular complexity index is 346. The summed E-state index contributed by atoms with van der Waals surface area (Å²) in [6.45, 7) is 10.1. The monoisotopic (exact) mass is 266 g/mol.